The first kappa shape index (κ1) is 15.0. The monoisotopic (exact) mass is 323 g/mol. The number of hydrogen-bond donors (Lipinski definition) is 1. The third-order valence-corrected chi connectivity index (χ3v) is 4.28. The lowest BCUT2D eigenvalue weighted by Gasteiger charge is -2.18. The molecule has 0 saturated carbocycles. The van der Waals surface area contributed by atoms with Crippen molar-refractivity contribution in [3.05, 3.63) is 42.5 Å². The van der Waals surface area contributed by atoms with Crippen LogP contribution < -0.4 is 15.2 Å². The number of imidazole rings is 1. The van der Waals surface area contributed by atoms with Crippen molar-refractivity contribution in [2.45, 2.75) is 19.4 Å². The summed E-state index contributed by atoms with van der Waals surface area (Å²) in [6.45, 7) is 2.77. The minimum Gasteiger partial charge on any atom is -0.486 e. The summed E-state index contributed by atoms with van der Waals surface area (Å²) in [4.78, 5) is 4.87. The molecule has 0 radical (unpaired) electrons. The Kier molecular flexibility index (Phi) is 4.09. The molecule has 0 spiro atoms. The summed E-state index contributed by atoms with van der Waals surface area (Å²) in [6.07, 6.45) is 2.02. The number of fused-ring (bicyclic) bond motifs is 2. The van der Waals surface area contributed by atoms with E-state index in [0.29, 0.717) is 19.8 Å². The normalized spacial score (nSPS) is 13.4. The maximum absolute atomic E-state index is 5.74. The van der Waals surface area contributed by atoms with Crippen molar-refractivity contribution in [2.24, 2.45) is 5.73 Å². The minimum atomic E-state index is 0.585. The van der Waals surface area contributed by atoms with E-state index in [-0.39, 0.29) is 0 Å². The Labute approximate surface area is 141 Å². The van der Waals surface area contributed by atoms with Gasteiger partial charge < -0.3 is 19.8 Å². The van der Waals surface area contributed by atoms with Gasteiger partial charge in [0.25, 0.3) is 0 Å². The number of nitrogens with zero attached hydrogens (tertiary/aromatic N) is 2. The molecule has 0 aliphatic carbocycles. The van der Waals surface area contributed by atoms with E-state index in [1.807, 2.05) is 30.3 Å². The lowest BCUT2D eigenvalue weighted by molar-refractivity contribution is 0.172. The molecule has 0 saturated heterocycles. The molecular formula is C19H21N3O2. The second-order valence-electron chi connectivity index (χ2n) is 5.93. The highest BCUT2D eigenvalue weighted by molar-refractivity contribution is 5.84. The third kappa shape index (κ3) is 2.71. The van der Waals surface area contributed by atoms with Gasteiger partial charge in [-0.15, -0.1) is 0 Å². The topological polar surface area (TPSA) is 62.3 Å². The van der Waals surface area contributed by atoms with Gasteiger partial charge in [-0.25, -0.2) is 4.98 Å². The molecule has 5 nitrogen and oxygen atoms in total. The van der Waals surface area contributed by atoms with Crippen molar-refractivity contribution in [3.63, 3.8) is 0 Å². The summed E-state index contributed by atoms with van der Waals surface area (Å²) in [5, 5.41) is 0. The summed E-state index contributed by atoms with van der Waals surface area (Å²) in [5.41, 5.74) is 8.79. The molecule has 4 rings (SSSR count). The zero-order chi connectivity index (χ0) is 16.4. The predicted octanol–water partition coefficient (Wildman–Crippen LogP) is 3.21. The van der Waals surface area contributed by atoms with Gasteiger partial charge in [-0.1, -0.05) is 30.3 Å². The predicted molar refractivity (Wildman–Crippen MR) is 94.4 cm³/mol. The van der Waals surface area contributed by atoms with Gasteiger partial charge in [-0.2, -0.15) is 0 Å². The fourth-order valence-corrected chi connectivity index (χ4v) is 3.11. The largest absolute Gasteiger partial charge is 0.486 e. The molecule has 2 N–H and O–H groups in total. The standard InChI is InChI=1S/C19H21N3O2/c20-8-4-5-9-22-16-13-18-17(23-10-11-24-18)12-15(16)21-19(22)14-6-2-1-3-7-14/h1-3,6-7,12-13H,4-5,8-11,20H2. The van der Waals surface area contributed by atoms with E-state index in [1.165, 1.54) is 0 Å². The number of benzene rings is 2. The highest BCUT2D eigenvalue weighted by Gasteiger charge is 2.18. The first-order valence-corrected chi connectivity index (χ1v) is 8.42. The lowest BCUT2D eigenvalue weighted by atomic mass is 10.2. The molecular weight excluding hydrogens is 302 g/mol. The number of hydrogen-bond acceptors (Lipinski definition) is 4. The molecule has 124 valence electrons. The summed E-state index contributed by atoms with van der Waals surface area (Å²) in [5.74, 6) is 2.55. The zero-order valence-electron chi connectivity index (χ0n) is 13.6. The van der Waals surface area contributed by atoms with E-state index in [2.05, 4.69) is 16.7 Å². The van der Waals surface area contributed by atoms with Gasteiger partial charge in [0.05, 0.1) is 11.0 Å². The van der Waals surface area contributed by atoms with Gasteiger partial charge in [0.2, 0.25) is 0 Å². The van der Waals surface area contributed by atoms with Crippen LogP contribution in [0.5, 0.6) is 11.5 Å². The van der Waals surface area contributed by atoms with Crippen LogP contribution in [0.2, 0.25) is 0 Å². The van der Waals surface area contributed by atoms with Crippen molar-refractivity contribution >= 4 is 11.0 Å². The highest BCUT2D eigenvalue weighted by atomic mass is 16.6. The van der Waals surface area contributed by atoms with Crippen LogP contribution in [0.4, 0.5) is 0 Å². The van der Waals surface area contributed by atoms with E-state index in [1.54, 1.807) is 0 Å². The van der Waals surface area contributed by atoms with Gasteiger partial charge in [0, 0.05) is 24.2 Å². The molecule has 2 aromatic carbocycles. The number of aromatic nitrogens is 2. The number of unbranched alkanes of at least 4 members (excludes halogenated alkanes) is 1. The molecule has 0 atom stereocenters. The Morgan fingerprint density at radius 2 is 1.75 bits per heavy atom. The molecule has 0 unspecified atom stereocenters. The van der Waals surface area contributed by atoms with Gasteiger partial charge in [-0.05, 0) is 19.4 Å². The van der Waals surface area contributed by atoms with Crippen LogP contribution in [0, 0.1) is 0 Å². The summed E-state index contributed by atoms with van der Waals surface area (Å²) in [7, 11) is 0. The van der Waals surface area contributed by atoms with Crippen LogP contribution in [0.25, 0.3) is 22.4 Å². The molecule has 1 aliphatic rings. The molecule has 0 amide bonds. The second-order valence-corrected chi connectivity index (χ2v) is 5.93. The first-order valence-electron chi connectivity index (χ1n) is 8.42. The van der Waals surface area contributed by atoms with Crippen LogP contribution >= 0.6 is 0 Å². The zero-order valence-corrected chi connectivity index (χ0v) is 13.6. The van der Waals surface area contributed by atoms with E-state index < -0.39 is 0 Å². The van der Waals surface area contributed by atoms with Crippen molar-refractivity contribution in [1.29, 1.82) is 0 Å². The van der Waals surface area contributed by atoms with Gasteiger partial charge in [0.1, 0.15) is 19.0 Å². The molecule has 2 heterocycles. The number of nitrogens with two attached hydrogens (primary N) is 1. The van der Waals surface area contributed by atoms with Crippen molar-refractivity contribution in [2.75, 3.05) is 19.8 Å². The van der Waals surface area contributed by atoms with E-state index in [0.717, 1.165) is 53.3 Å². The Morgan fingerprint density at radius 3 is 2.50 bits per heavy atom. The van der Waals surface area contributed by atoms with Gasteiger partial charge in [-0.3, -0.25) is 0 Å². The summed E-state index contributed by atoms with van der Waals surface area (Å²) >= 11 is 0. The quantitative estimate of drug-likeness (QED) is 0.732. The minimum absolute atomic E-state index is 0.585. The molecule has 5 heteroatoms. The Morgan fingerprint density at radius 1 is 1.00 bits per heavy atom. The summed E-state index contributed by atoms with van der Waals surface area (Å²) in [6, 6.07) is 14.3. The highest BCUT2D eigenvalue weighted by Crippen LogP contribution is 2.36. The Balaban J connectivity index is 1.85. The summed E-state index contributed by atoms with van der Waals surface area (Å²) < 4.78 is 13.7. The average molecular weight is 323 g/mol. The van der Waals surface area contributed by atoms with Crippen molar-refractivity contribution in [1.82, 2.24) is 9.55 Å². The number of aryl methyl sites for hydroxylation is 1. The smallest absolute Gasteiger partial charge is 0.163 e. The van der Waals surface area contributed by atoms with E-state index >= 15 is 0 Å². The fourth-order valence-electron chi connectivity index (χ4n) is 3.11. The first-order chi connectivity index (χ1) is 11.9. The van der Waals surface area contributed by atoms with Crippen LogP contribution in [0.3, 0.4) is 0 Å². The van der Waals surface area contributed by atoms with Gasteiger partial charge >= 0.3 is 0 Å². The van der Waals surface area contributed by atoms with Crippen molar-refractivity contribution in [3.8, 4) is 22.9 Å². The lowest BCUT2D eigenvalue weighted by Crippen LogP contribution is -2.15. The third-order valence-electron chi connectivity index (χ3n) is 4.28. The van der Waals surface area contributed by atoms with E-state index in [4.69, 9.17) is 20.2 Å². The molecule has 3 aromatic rings. The average Bonchev–Trinajstić information content (AvgIpc) is 2.98. The second kappa shape index (κ2) is 6.53. The number of ether oxygens (including phenoxy) is 2. The number of rotatable bonds is 5. The van der Waals surface area contributed by atoms with Crippen LogP contribution in [0.1, 0.15) is 12.8 Å². The van der Waals surface area contributed by atoms with Gasteiger partial charge in [0.15, 0.2) is 11.5 Å². The SMILES string of the molecule is NCCCCn1c(-c2ccccc2)nc2cc3c(cc21)OCCO3. The Bertz CT molecular complexity index is 843. The molecule has 1 aliphatic heterocycles. The van der Waals surface area contributed by atoms with E-state index in [9.17, 15) is 0 Å². The maximum atomic E-state index is 5.74. The van der Waals surface area contributed by atoms with Crippen LogP contribution in [-0.2, 0) is 6.54 Å². The fraction of sp³-hybridized carbons (Fsp3) is 0.316. The van der Waals surface area contributed by atoms with Crippen LogP contribution in [0.15, 0.2) is 42.5 Å². The maximum Gasteiger partial charge on any atom is 0.163 e. The van der Waals surface area contributed by atoms with Crippen molar-refractivity contribution < 1.29 is 9.47 Å². The van der Waals surface area contributed by atoms with Crippen LogP contribution in [-0.4, -0.2) is 29.3 Å². The Hall–Kier alpha value is -2.53. The molecule has 0 fully saturated rings. The molecule has 24 heavy (non-hydrogen) atoms. The molecule has 1 aromatic heterocycles. The molecule has 0 bridgehead atoms.